The second kappa shape index (κ2) is 5.82. The van der Waals surface area contributed by atoms with E-state index in [2.05, 4.69) is 26.1 Å². The van der Waals surface area contributed by atoms with Crippen LogP contribution >= 0.6 is 11.3 Å². The summed E-state index contributed by atoms with van der Waals surface area (Å²) in [4.78, 5) is 23.0. The lowest BCUT2D eigenvalue weighted by atomic mass is 9.98. The standard InChI is InChI=1S/C12H17NO3S/c1-7(2)8(3)6-13-11(14)9-4-5-10(17-9)12(15)16/h4-5,7-8H,6H2,1-3H3,(H,13,14)(H,15,16). The molecule has 2 N–H and O–H groups in total. The summed E-state index contributed by atoms with van der Waals surface area (Å²) in [6.45, 7) is 6.88. The molecular weight excluding hydrogens is 238 g/mol. The van der Waals surface area contributed by atoms with Gasteiger partial charge in [-0.1, -0.05) is 20.8 Å². The number of hydrogen-bond donors (Lipinski definition) is 2. The van der Waals surface area contributed by atoms with E-state index in [0.29, 0.717) is 23.3 Å². The highest BCUT2D eigenvalue weighted by molar-refractivity contribution is 7.15. The van der Waals surface area contributed by atoms with Gasteiger partial charge in [0.15, 0.2) is 0 Å². The number of thiophene rings is 1. The average Bonchev–Trinajstić information content (AvgIpc) is 2.74. The highest BCUT2D eigenvalue weighted by Gasteiger charge is 2.14. The van der Waals surface area contributed by atoms with Crippen LogP contribution in [0, 0.1) is 11.8 Å². The van der Waals surface area contributed by atoms with Gasteiger partial charge in [0.1, 0.15) is 4.88 Å². The minimum absolute atomic E-state index is 0.187. The quantitative estimate of drug-likeness (QED) is 0.849. The Balaban J connectivity index is 2.55. The molecule has 0 aliphatic carbocycles. The Morgan fingerprint density at radius 3 is 2.35 bits per heavy atom. The van der Waals surface area contributed by atoms with Crippen LogP contribution in [-0.4, -0.2) is 23.5 Å². The van der Waals surface area contributed by atoms with Crippen LogP contribution in [0.1, 0.15) is 40.1 Å². The summed E-state index contributed by atoms with van der Waals surface area (Å²) in [7, 11) is 0. The molecule has 0 bridgehead atoms. The number of nitrogens with one attached hydrogen (secondary N) is 1. The van der Waals surface area contributed by atoms with Gasteiger partial charge >= 0.3 is 5.97 Å². The Morgan fingerprint density at radius 2 is 1.88 bits per heavy atom. The molecule has 0 radical (unpaired) electrons. The molecule has 17 heavy (non-hydrogen) atoms. The smallest absolute Gasteiger partial charge is 0.345 e. The highest BCUT2D eigenvalue weighted by Crippen LogP contribution is 2.16. The minimum atomic E-state index is -0.996. The zero-order valence-corrected chi connectivity index (χ0v) is 11.0. The van der Waals surface area contributed by atoms with E-state index in [1.54, 1.807) is 6.07 Å². The number of hydrogen-bond acceptors (Lipinski definition) is 3. The Bertz CT molecular complexity index is 412. The van der Waals surface area contributed by atoms with E-state index in [9.17, 15) is 9.59 Å². The van der Waals surface area contributed by atoms with E-state index in [1.165, 1.54) is 6.07 Å². The lowest BCUT2D eigenvalue weighted by Crippen LogP contribution is -2.29. The Labute approximate surface area is 105 Å². The number of rotatable bonds is 5. The first kappa shape index (κ1) is 13.7. The summed E-state index contributed by atoms with van der Waals surface area (Å²) in [6, 6.07) is 3.00. The second-order valence-corrected chi connectivity index (χ2v) is 5.48. The van der Waals surface area contributed by atoms with Gasteiger partial charge in [-0.05, 0) is 24.0 Å². The number of carbonyl (C=O) groups excluding carboxylic acids is 1. The Morgan fingerprint density at radius 1 is 1.29 bits per heavy atom. The molecule has 0 aromatic carbocycles. The van der Waals surface area contributed by atoms with E-state index in [0.717, 1.165) is 11.3 Å². The number of carbonyl (C=O) groups is 2. The predicted octanol–water partition coefficient (Wildman–Crippen LogP) is 2.47. The summed E-state index contributed by atoms with van der Waals surface area (Å²) < 4.78 is 0. The molecule has 1 aromatic heterocycles. The largest absolute Gasteiger partial charge is 0.477 e. The van der Waals surface area contributed by atoms with Crippen molar-refractivity contribution in [3.05, 3.63) is 21.9 Å². The molecule has 1 aromatic rings. The third kappa shape index (κ3) is 3.85. The fourth-order valence-electron chi connectivity index (χ4n) is 1.15. The molecule has 1 atom stereocenters. The van der Waals surface area contributed by atoms with Crippen LogP contribution in [0.15, 0.2) is 12.1 Å². The van der Waals surface area contributed by atoms with E-state index in [4.69, 9.17) is 5.11 Å². The molecule has 0 spiro atoms. The first-order valence-electron chi connectivity index (χ1n) is 5.53. The first-order chi connectivity index (χ1) is 7.91. The third-order valence-electron chi connectivity index (χ3n) is 2.76. The van der Waals surface area contributed by atoms with Crippen molar-refractivity contribution in [2.75, 3.05) is 6.54 Å². The molecule has 0 fully saturated rings. The zero-order chi connectivity index (χ0) is 13.0. The maximum Gasteiger partial charge on any atom is 0.345 e. The number of carboxylic acids is 1. The maximum atomic E-state index is 11.7. The van der Waals surface area contributed by atoms with Crippen LogP contribution in [0.5, 0.6) is 0 Å². The topological polar surface area (TPSA) is 66.4 Å². The maximum absolute atomic E-state index is 11.7. The normalized spacial score (nSPS) is 12.5. The SMILES string of the molecule is CC(C)C(C)CNC(=O)c1ccc(C(=O)O)s1. The molecule has 4 nitrogen and oxygen atoms in total. The van der Waals surface area contributed by atoms with Crippen molar-refractivity contribution in [3.63, 3.8) is 0 Å². The summed E-state index contributed by atoms with van der Waals surface area (Å²) in [5, 5.41) is 11.6. The first-order valence-corrected chi connectivity index (χ1v) is 6.34. The van der Waals surface area contributed by atoms with Crippen LogP contribution < -0.4 is 5.32 Å². The van der Waals surface area contributed by atoms with E-state index >= 15 is 0 Å². The van der Waals surface area contributed by atoms with Crippen molar-refractivity contribution in [2.45, 2.75) is 20.8 Å². The summed E-state index contributed by atoms with van der Waals surface area (Å²) in [5.41, 5.74) is 0. The fraction of sp³-hybridized carbons (Fsp3) is 0.500. The van der Waals surface area contributed by atoms with Crippen LogP contribution in [0.4, 0.5) is 0 Å². The molecule has 1 amide bonds. The minimum Gasteiger partial charge on any atom is -0.477 e. The monoisotopic (exact) mass is 255 g/mol. The van der Waals surface area contributed by atoms with Gasteiger partial charge in [-0.25, -0.2) is 4.79 Å². The third-order valence-corrected chi connectivity index (χ3v) is 3.84. The number of aromatic carboxylic acids is 1. The average molecular weight is 255 g/mol. The van der Waals surface area contributed by atoms with Gasteiger partial charge in [-0.2, -0.15) is 0 Å². The molecule has 1 rings (SSSR count). The van der Waals surface area contributed by atoms with Gasteiger partial charge < -0.3 is 10.4 Å². The van der Waals surface area contributed by atoms with E-state index in [1.807, 2.05) is 0 Å². The van der Waals surface area contributed by atoms with Gasteiger partial charge in [0.05, 0.1) is 4.88 Å². The van der Waals surface area contributed by atoms with Crippen LogP contribution in [0.2, 0.25) is 0 Å². The Kier molecular flexibility index (Phi) is 4.69. The van der Waals surface area contributed by atoms with Crippen molar-refractivity contribution in [2.24, 2.45) is 11.8 Å². The van der Waals surface area contributed by atoms with E-state index in [-0.39, 0.29) is 10.8 Å². The summed E-state index contributed by atoms with van der Waals surface area (Å²) >= 11 is 0.998. The van der Waals surface area contributed by atoms with Gasteiger partial charge in [-0.3, -0.25) is 4.79 Å². The van der Waals surface area contributed by atoms with Gasteiger partial charge in [0.2, 0.25) is 0 Å². The molecule has 5 heteroatoms. The number of carboxylic acid groups (broad SMARTS) is 1. The predicted molar refractivity (Wildman–Crippen MR) is 67.6 cm³/mol. The highest BCUT2D eigenvalue weighted by atomic mass is 32.1. The molecule has 0 saturated carbocycles. The van der Waals surface area contributed by atoms with Crippen LogP contribution in [0.25, 0.3) is 0 Å². The van der Waals surface area contributed by atoms with Crippen molar-refractivity contribution >= 4 is 23.2 Å². The lowest BCUT2D eigenvalue weighted by molar-refractivity contribution is 0.0702. The Hall–Kier alpha value is -1.36. The number of amides is 1. The van der Waals surface area contributed by atoms with Gasteiger partial charge in [-0.15, -0.1) is 11.3 Å². The molecular formula is C12H17NO3S. The van der Waals surface area contributed by atoms with Gasteiger partial charge in [0.25, 0.3) is 5.91 Å². The zero-order valence-electron chi connectivity index (χ0n) is 10.2. The molecule has 1 unspecified atom stereocenters. The summed E-state index contributed by atoms with van der Waals surface area (Å²) in [5.74, 6) is -0.286. The molecule has 0 aliphatic rings. The molecule has 94 valence electrons. The van der Waals surface area contributed by atoms with Crippen molar-refractivity contribution in [3.8, 4) is 0 Å². The van der Waals surface area contributed by atoms with Crippen LogP contribution in [0.3, 0.4) is 0 Å². The second-order valence-electron chi connectivity index (χ2n) is 4.40. The molecule has 1 heterocycles. The van der Waals surface area contributed by atoms with Gasteiger partial charge in [0, 0.05) is 6.54 Å². The van der Waals surface area contributed by atoms with Crippen molar-refractivity contribution in [1.82, 2.24) is 5.32 Å². The van der Waals surface area contributed by atoms with Crippen molar-refractivity contribution < 1.29 is 14.7 Å². The summed E-state index contributed by atoms with van der Waals surface area (Å²) in [6.07, 6.45) is 0. The van der Waals surface area contributed by atoms with Crippen molar-refractivity contribution in [1.29, 1.82) is 0 Å². The lowest BCUT2D eigenvalue weighted by Gasteiger charge is -2.15. The van der Waals surface area contributed by atoms with Crippen LogP contribution in [-0.2, 0) is 0 Å². The molecule has 0 aliphatic heterocycles. The fourth-order valence-corrected chi connectivity index (χ4v) is 1.91. The molecule has 0 saturated heterocycles. The van der Waals surface area contributed by atoms with E-state index < -0.39 is 5.97 Å².